The molecule has 10 rings (SSSR count). The third-order valence-electron chi connectivity index (χ3n) is 8.72. The zero-order valence-corrected chi connectivity index (χ0v) is 22.4. The topological polar surface area (TPSA) is 43.9 Å². The number of rotatable bonds is 1. The molecule has 6 aromatic carbocycles. The van der Waals surface area contributed by atoms with Gasteiger partial charge in [0.2, 0.25) is 0 Å². The van der Waals surface area contributed by atoms with Gasteiger partial charge in [0.1, 0.15) is 16.9 Å². The van der Waals surface area contributed by atoms with Crippen LogP contribution in [0.4, 0.5) is 0 Å². The number of furan rings is 1. The Kier molecular flexibility index (Phi) is 4.15. The van der Waals surface area contributed by atoms with Crippen molar-refractivity contribution in [2.24, 2.45) is 0 Å². The Morgan fingerprint density at radius 3 is 2.10 bits per heavy atom. The summed E-state index contributed by atoms with van der Waals surface area (Å²) in [6, 6.07) is 44.7. The Hall–Kier alpha value is -5.74. The molecule has 194 valence electrons. The minimum absolute atomic E-state index is 0.859. The molecular weight excluding hydrogens is 514 g/mol. The van der Waals surface area contributed by atoms with Gasteiger partial charge in [0.15, 0.2) is 5.82 Å². The van der Waals surface area contributed by atoms with Gasteiger partial charge in [-0.05, 0) is 47.5 Å². The number of benzene rings is 6. The predicted octanol–water partition coefficient (Wildman–Crippen LogP) is 9.94. The van der Waals surface area contributed by atoms with Crippen LogP contribution in [0.15, 0.2) is 132 Å². The highest BCUT2D eigenvalue weighted by molar-refractivity contribution is 6.18. The summed E-state index contributed by atoms with van der Waals surface area (Å²) in [6.07, 6.45) is 0. The van der Waals surface area contributed by atoms with Crippen molar-refractivity contribution in [1.82, 2.24) is 14.5 Å². The van der Waals surface area contributed by atoms with Crippen molar-refractivity contribution >= 4 is 54.8 Å². The van der Waals surface area contributed by atoms with Gasteiger partial charge in [-0.3, -0.25) is 4.57 Å². The fourth-order valence-electron chi connectivity index (χ4n) is 6.90. The van der Waals surface area contributed by atoms with Crippen molar-refractivity contribution in [3.05, 3.63) is 127 Å². The zero-order valence-electron chi connectivity index (χ0n) is 22.4. The van der Waals surface area contributed by atoms with Gasteiger partial charge in [-0.1, -0.05) is 91.0 Å². The Morgan fingerprint density at radius 2 is 1.19 bits per heavy atom. The maximum atomic E-state index is 6.49. The number of nitrogens with zero attached hydrogens (tertiary/aromatic N) is 3. The summed E-state index contributed by atoms with van der Waals surface area (Å²) < 4.78 is 8.81. The predicted molar refractivity (Wildman–Crippen MR) is 171 cm³/mol. The summed E-state index contributed by atoms with van der Waals surface area (Å²) in [5.74, 6) is 0.859. The summed E-state index contributed by atoms with van der Waals surface area (Å²) in [6.45, 7) is 0. The van der Waals surface area contributed by atoms with E-state index in [9.17, 15) is 0 Å². The molecular formula is C38H21N3O. The van der Waals surface area contributed by atoms with E-state index in [-0.39, 0.29) is 0 Å². The van der Waals surface area contributed by atoms with Gasteiger partial charge >= 0.3 is 0 Å². The van der Waals surface area contributed by atoms with Crippen molar-refractivity contribution in [2.45, 2.75) is 0 Å². The van der Waals surface area contributed by atoms with E-state index < -0.39 is 0 Å². The number of hydrogen-bond donors (Lipinski definition) is 0. The average molecular weight is 536 g/mol. The van der Waals surface area contributed by atoms with Crippen LogP contribution in [0.2, 0.25) is 0 Å². The molecule has 0 atom stereocenters. The average Bonchev–Trinajstić information content (AvgIpc) is 3.56. The van der Waals surface area contributed by atoms with E-state index >= 15 is 0 Å². The molecule has 0 radical (unpaired) electrons. The molecule has 0 bridgehead atoms. The van der Waals surface area contributed by atoms with Crippen LogP contribution in [-0.2, 0) is 0 Å². The van der Waals surface area contributed by atoms with E-state index in [0.29, 0.717) is 0 Å². The molecule has 4 heterocycles. The fourth-order valence-corrected chi connectivity index (χ4v) is 6.90. The monoisotopic (exact) mass is 535 g/mol. The Bertz CT molecular complexity index is 2590. The molecule has 0 N–H and O–H groups in total. The van der Waals surface area contributed by atoms with Crippen LogP contribution in [0.5, 0.6) is 0 Å². The van der Waals surface area contributed by atoms with E-state index in [1.54, 1.807) is 0 Å². The number of fused-ring (bicyclic) bond motifs is 12. The van der Waals surface area contributed by atoms with Gasteiger partial charge in [0, 0.05) is 38.2 Å². The molecule has 1 aliphatic rings. The Balaban J connectivity index is 1.40. The largest absolute Gasteiger partial charge is 0.455 e. The van der Waals surface area contributed by atoms with Crippen LogP contribution in [0.1, 0.15) is 0 Å². The van der Waals surface area contributed by atoms with E-state index in [4.69, 9.17) is 14.4 Å². The van der Waals surface area contributed by atoms with Crippen LogP contribution in [-0.4, -0.2) is 14.5 Å². The normalized spacial score (nSPS) is 12.3. The molecule has 0 unspecified atom stereocenters. The molecule has 4 heteroatoms. The number of para-hydroxylation sites is 5. The highest BCUT2D eigenvalue weighted by Crippen LogP contribution is 2.48. The summed E-state index contributed by atoms with van der Waals surface area (Å²) >= 11 is 0. The van der Waals surface area contributed by atoms with Gasteiger partial charge in [-0.25, -0.2) is 9.97 Å². The van der Waals surface area contributed by atoms with Crippen molar-refractivity contribution in [3.8, 4) is 39.3 Å². The lowest BCUT2D eigenvalue weighted by atomic mass is 9.92. The highest BCUT2D eigenvalue weighted by Gasteiger charge is 2.27. The van der Waals surface area contributed by atoms with Crippen molar-refractivity contribution in [2.75, 3.05) is 0 Å². The van der Waals surface area contributed by atoms with E-state index in [2.05, 4.69) is 95.6 Å². The van der Waals surface area contributed by atoms with Gasteiger partial charge < -0.3 is 4.42 Å². The van der Waals surface area contributed by atoms with E-state index in [0.717, 1.165) is 83.3 Å². The van der Waals surface area contributed by atoms with Crippen molar-refractivity contribution in [1.29, 1.82) is 0 Å². The molecule has 9 aromatic rings. The molecule has 42 heavy (non-hydrogen) atoms. The molecule has 0 saturated heterocycles. The van der Waals surface area contributed by atoms with Crippen LogP contribution in [0.25, 0.3) is 94.1 Å². The second kappa shape index (κ2) is 7.93. The maximum absolute atomic E-state index is 6.49. The second-order valence-electron chi connectivity index (χ2n) is 11.0. The molecule has 0 amide bonds. The first-order chi connectivity index (χ1) is 20.8. The number of hydrogen-bond acceptors (Lipinski definition) is 3. The van der Waals surface area contributed by atoms with E-state index in [1.165, 1.54) is 10.8 Å². The summed E-state index contributed by atoms with van der Waals surface area (Å²) in [7, 11) is 0. The van der Waals surface area contributed by atoms with Crippen molar-refractivity contribution < 1.29 is 4.42 Å². The maximum Gasteiger partial charge on any atom is 0.165 e. The molecule has 0 spiro atoms. The van der Waals surface area contributed by atoms with Crippen LogP contribution in [0, 0.1) is 0 Å². The van der Waals surface area contributed by atoms with Gasteiger partial charge in [-0.15, -0.1) is 0 Å². The van der Waals surface area contributed by atoms with Crippen LogP contribution < -0.4 is 0 Å². The first-order valence-corrected chi connectivity index (χ1v) is 14.2. The highest BCUT2D eigenvalue weighted by atomic mass is 16.3. The standard InChI is InChI=1S/C38H21N3O/c1-2-13-27-24(10-1)29-20-22(23-14-9-15-28-26-12-4-8-19-34(26)42-37(23)28)21-30-25-11-3-7-18-33(25)41(36(29)30)38-35(27)39-31-16-5-6-17-32(31)40-38/h1-21H. The fraction of sp³-hybridized carbons (Fsp3) is 0. The van der Waals surface area contributed by atoms with Crippen LogP contribution >= 0.6 is 0 Å². The van der Waals surface area contributed by atoms with Crippen molar-refractivity contribution in [3.63, 3.8) is 0 Å². The molecule has 0 saturated carbocycles. The third-order valence-corrected chi connectivity index (χ3v) is 8.72. The number of aromatic nitrogens is 3. The van der Waals surface area contributed by atoms with Gasteiger partial charge in [0.05, 0.1) is 22.1 Å². The first kappa shape index (κ1) is 22.0. The molecule has 0 aliphatic carbocycles. The van der Waals surface area contributed by atoms with Gasteiger partial charge in [-0.2, -0.15) is 0 Å². The first-order valence-electron chi connectivity index (χ1n) is 14.2. The quantitative estimate of drug-likeness (QED) is 0.210. The van der Waals surface area contributed by atoms with Crippen LogP contribution in [0.3, 0.4) is 0 Å². The minimum Gasteiger partial charge on any atom is -0.455 e. The minimum atomic E-state index is 0.859. The molecule has 4 nitrogen and oxygen atoms in total. The SMILES string of the molecule is c1ccc2c(c1)-c1nc3ccccc3nc1-n1c3ccccc3c3cc(-c4cccc5c4oc4ccccc45)cc-2c31. The molecule has 3 aromatic heterocycles. The third kappa shape index (κ3) is 2.80. The lowest BCUT2D eigenvalue weighted by Crippen LogP contribution is -2.02. The molecule has 0 fully saturated rings. The molecule has 1 aliphatic heterocycles. The lowest BCUT2D eigenvalue weighted by Gasteiger charge is -2.12. The summed E-state index contributed by atoms with van der Waals surface area (Å²) in [5.41, 5.74) is 12.3. The summed E-state index contributed by atoms with van der Waals surface area (Å²) in [5, 5.41) is 4.64. The second-order valence-corrected chi connectivity index (χ2v) is 11.0. The van der Waals surface area contributed by atoms with Gasteiger partial charge in [0.25, 0.3) is 0 Å². The van der Waals surface area contributed by atoms with E-state index in [1.807, 2.05) is 36.4 Å². The Morgan fingerprint density at radius 1 is 0.500 bits per heavy atom. The summed E-state index contributed by atoms with van der Waals surface area (Å²) in [4.78, 5) is 10.5. The Labute approximate surface area is 240 Å². The lowest BCUT2D eigenvalue weighted by molar-refractivity contribution is 0.670. The zero-order chi connectivity index (χ0) is 27.4. The smallest absolute Gasteiger partial charge is 0.165 e.